The Morgan fingerprint density at radius 2 is 2.05 bits per heavy atom. The van der Waals surface area contributed by atoms with Crippen LogP contribution in [-0.4, -0.2) is 40.4 Å². The van der Waals surface area contributed by atoms with Crippen LogP contribution in [-0.2, 0) is 0 Å². The molecule has 110 valence electrons. The van der Waals surface area contributed by atoms with Gasteiger partial charge in [0.15, 0.2) is 0 Å². The van der Waals surface area contributed by atoms with Gasteiger partial charge < -0.3 is 10.2 Å². The highest BCUT2D eigenvalue weighted by molar-refractivity contribution is 5.92. The van der Waals surface area contributed by atoms with Crippen LogP contribution in [0.15, 0.2) is 6.07 Å². The van der Waals surface area contributed by atoms with Crippen LogP contribution >= 0.6 is 0 Å². The van der Waals surface area contributed by atoms with E-state index < -0.39 is 0 Å². The molecule has 0 atom stereocenters. The van der Waals surface area contributed by atoms with Gasteiger partial charge in [-0.2, -0.15) is 0 Å². The van der Waals surface area contributed by atoms with E-state index in [2.05, 4.69) is 29.1 Å². The summed E-state index contributed by atoms with van der Waals surface area (Å²) in [6.07, 6.45) is 3.25. The van der Waals surface area contributed by atoms with Crippen molar-refractivity contribution in [3.05, 3.63) is 17.5 Å². The molecule has 1 aliphatic heterocycles. The van der Waals surface area contributed by atoms with Crippen LogP contribution < -0.4 is 5.32 Å². The molecule has 2 heterocycles. The average molecular weight is 276 g/mol. The number of rotatable bonds is 5. The van der Waals surface area contributed by atoms with Crippen LogP contribution in [0.1, 0.15) is 49.3 Å². The number of hydrogen-bond acceptors (Lipinski definition) is 4. The molecule has 0 radical (unpaired) electrons. The van der Waals surface area contributed by atoms with Crippen LogP contribution in [0, 0.1) is 12.8 Å². The fourth-order valence-corrected chi connectivity index (χ4v) is 2.31. The second-order valence-electron chi connectivity index (χ2n) is 5.83. The van der Waals surface area contributed by atoms with Gasteiger partial charge in [0.1, 0.15) is 5.69 Å². The highest BCUT2D eigenvalue weighted by Gasteiger charge is 2.21. The van der Waals surface area contributed by atoms with Crippen LogP contribution in [0.3, 0.4) is 0 Å². The SMILES string of the molecule is Cc1cc(C(=O)N2CCCC2)nc(NCCC(C)C)n1. The molecule has 0 saturated carbocycles. The maximum absolute atomic E-state index is 12.3. The Morgan fingerprint density at radius 3 is 2.70 bits per heavy atom. The van der Waals surface area contributed by atoms with Gasteiger partial charge in [-0.1, -0.05) is 13.8 Å². The minimum absolute atomic E-state index is 0.0277. The van der Waals surface area contributed by atoms with Crippen molar-refractivity contribution in [2.45, 2.75) is 40.0 Å². The van der Waals surface area contributed by atoms with Crippen LogP contribution in [0.5, 0.6) is 0 Å². The zero-order valence-corrected chi connectivity index (χ0v) is 12.6. The number of carbonyl (C=O) groups excluding carboxylic acids is 1. The van der Waals surface area contributed by atoms with E-state index in [1.165, 1.54) is 0 Å². The summed E-state index contributed by atoms with van der Waals surface area (Å²) in [5, 5.41) is 3.21. The Hall–Kier alpha value is -1.65. The van der Waals surface area contributed by atoms with E-state index in [0.29, 0.717) is 17.6 Å². The zero-order valence-electron chi connectivity index (χ0n) is 12.6. The molecule has 1 aromatic heterocycles. The molecule has 0 aliphatic carbocycles. The molecule has 0 spiro atoms. The molecule has 1 N–H and O–H groups in total. The molecular formula is C15H24N4O. The summed E-state index contributed by atoms with van der Waals surface area (Å²) in [5.74, 6) is 1.23. The lowest BCUT2D eigenvalue weighted by Crippen LogP contribution is -2.28. The van der Waals surface area contributed by atoms with Gasteiger partial charge in [-0.05, 0) is 38.2 Å². The first kappa shape index (κ1) is 14.8. The number of nitrogens with one attached hydrogen (secondary N) is 1. The third-order valence-electron chi connectivity index (χ3n) is 3.47. The van der Waals surface area contributed by atoms with Crippen molar-refractivity contribution in [3.63, 3.8) is 0 Å². The van der Waals surface area contributed by atoms with Gasteiger partial charge in [-0.3, -0.25) is 4.79 Å². The third-order valence-corrected chi connectivity index (χ3v) is 3.47. The number of aryl methyl sites for hydroxylation is 1. The predicted molar refractivity (Wildman–Crippen MR) is 79.9 cm³/mol. The van der Waals surface area contributed by atoms with E-state index in [1.54, 1.807) is 6.07 Å². The lowest BCUT2D eigenvalue weighted by Gasteiger charge is -2.15. The summed E-state index contributed by atoms with van der Waals surface area (Å²) in [6, 6.07) is 1.77. The maximum Gasteiger partial charge on any atom is 0.272 e. The molecule has 0 unspecified atom stereocenters. The van der Waals surface area contributed by atoms with Crippen LogP contribution in [0.2, 0.25) is 0 Å². The standard InChI is InChI=1S/C15H24N4O/c1-11(2)6-7-16-15-17-12(3)10-13(18-15)14(20)19-8-4-5-9-19/h10-11H,4-9H2,1-3H3,(H,16,17,18). The highest BCUT2D eigenvalue weighted by atomic mass is 16.2. The molecule has 1 aromatic rings. The normalized spacial score (nSPS) is 14.9. The van der Waals surface area contributed by atoms with Gasteiger partial charge in [-0.15, -0.1) is 0 Å². The Kier molecular flexibility index (Phi) is 4.93. The summed E-state index contributed by atoms with van der Waals surface area (Å²) in [5.41, 5.74) is 1.33. The van der Waals surface area contributed by atoms with Gasteiger partial charge in [0, 0.05) is 25.3 Å². The van der Waals surface area contributed by atoms with Crippen molar-refractivity contribution < 1.29 is 4.79 Å². The Bertz CT molecular complexity index is 467. The number of hydrogen-bond donors (Lipinski definition) is 1. The number of likely N-dealkylation sites (tertiary alicyclic amines) is 1. The monoisotopic (exact) mass is 276 g/mol. The van der Waals surface area contributed by atoms with Gasteiger partial charge in [0.2, 0.25) is 5.95 Å². The number of carbonyl (C=O) groups is 1. The van der Waals surface area contributed by atoms with Gasteiger partial charge >= 0.3 is 0 Å². The van der Waals surface area contributed by atoms with E-state index in [-0.39, 0.29) is 5.91 Å². The molecule has 1 saturated heterocycles. The molecule has 1 amide bonds. The second-order valence-corrected chi connectivity index (χ2v) is 5.83. The van der Waals surface area contributed by atoms with Crippen molar-refractivity contribution in [2.75, 3.05) is 25.0 Å². The molecule has 0 aromatic carbocycles. The molecule has 1 fully saturated rings. The smallest absolute Gasteiger partial charge is 0.272 e. The fraction of sp³-hybridized carbons (Fsp3) is 0.667. The number of nitrogens with zero attached hydrogens (tertiary/aromatic N) is 3. The summed E-state index contributed by atoms with van der Waals surface area (Å²) >= 11 is 0. The number of amides is 1. The molecule has 5 heteroatoms. The van der Waals surface area contributed by atoms with Crippen molar-refractivity contribution in [3.8, 4) is 0 Å². The maximum atomic E-state index is 12.3. The Balaban J connectivity index is 2.05. The quantitative estimate of drug-likeness (QED) is 0.897. The molecule has 1 aliphatic rings. The summed E-state index contributed by atoms with van der Waals surface area (Å²) < 4.78 is 0. The first-order valence-corrected chi connectivity index (χ1v) is 7.45. The molecule has 20 heavy (non-hydrogen) atoms. The van der Waals surface area contributed by atoms with Gasteiger partial charge in [-0.25, -0.2) is 9.97 Å². The molecular weight excluding hydrogens is 252 g/mol. The van der Waals surface area contributed by atoms with Gasteiger partial charge in [0.05, 0.1) is 0 Å². The molecule has 5 nitrogen and oxygen atoms in total. The minimum atomic E-state index is 0.0277. The zero-order chi connectivity index (χ0) is 14.5. The van der Waals surface area contributed by atoms with Crippen LogP contribution in [0.25, 0.3) is 0 Å². The third kappa shape index (κ3) is 3.92. The van der Waals surface area contributed by atoms with E-state index in [1.807, 2.05) is 11.8 Å². The summed E-state index contributed by atoms with van der Waals surface area (Å²) in [6.45, 7) is 8.78. The first-order chi connectivity index (χ1) is 9.56. The lowest BCUT2D eigenvalue weighted by atomic mass is 10.1. The molecule has 2 rings (SSSR count). The lowest BCUT2D eigenvalue weighted by molar-refractivity contribution is 0.0787. The number of anilines is 1. The van der Waals surface area contributed by atoms with Crippen molar-refractivity contribution in [2.24, 2.45) is 5.92 Å². The summed E-state index contributed by atoms with van der Waals surface area (Å²) in [4.78, 5) is 22.9. The van der Waals surface area contributed by atoms with Crippen LogP contribution in [0.4, 0.5) is 5.95 Å². The second kappa shape index (κ2) is 6.68. The van der Waals surface area contributed by atoms with Crippen molar-refractivity contribution in [1.82, 2.24) is 14.9 Å². The predicted octanol–water partition coefficient (Wildman–Crippen LogP) is 2.48. The number of aromatic nitrogens is 2. The highest BCUT2D eigenvalue weighted by Crippen LogP contribution is 2.13. The first-order valence-electron chi connectivity index (χ1n) is 7.45. The van der Waals surface area contributed by atoms with E-state index in [0.717, 1.165) is 44.6 Å². The van der Waals surface area contributed by atoms with E-state index >= 15 is 0 Å². The van der Waals surface area contributed by atoms with Crippen molar-refractivity contribution >= 4 is 11.9 Å². The average Bonchev–Trinajstić information content (AvgIpc) is 2.90. The minimum Gasteiger partial charge on any atom is -0.354 e. The largest absolute Gasteiger partial charge is 0.354 e. The molecule has 0 bridgehead atoms. The summed E-state index contributed by atoms with van der Waals surface area (Å²) in [7, 11) is 0. The Labute approximate surface area is 120 Å². The van der Waals surface area contributed by atoms with E-state index in [4.69, 9.17) is 0 Å². The topological polar surface area (TPSA) is 58.1 Å². The van der Waals surface area contributed by atoms with Crippen molar-refractivity contribution in [1.29, 1.82) is 0 Å². The van der Waals surface area contributed by atoms with E-state index in [9.17, 15) is 4.79 Å². The Morgan fingerprint density at radius 1 is 1.35 bits per heavy atom. The fourth-order valence-electron chi connectivity index (χ4n) is 2.31. The van der Waals surface area contributed by atoms with Gasteiger partial charge in [0.25, 0.3) is 5.91 Å².